The number of para-hydroxylation sites is 1. The van der Waals surface area contributed by atoms with Crippen LogP contribution in [0.5, 0.6) is 5.75 Å². The molecule has 7 rings (SSSR count). The Bertz CT molecular complexity index is 1950. The molecule has 1 heterocycles. The van der Waals surface area contributed by atoms with Crippen molar-refractivity contribution < 1.29 is 12.6 Å². The molecule has 0 saturated heterocycles. The summed E-state index contributed by atoms with van der Waals surface area (Å²) in [6, 6.07) is 35.1. The van der Waals surface area contributed by atoms with Crippen LogP contribution in [0.1, 0.15) is 40.6 Å². The minimum Gasteiger partial charge on any atom is -0.378 e. The predicted octanol–water partition coefficient (Wildman–Crippen LogP) is 8.49. The van der Waals surface area contributed by atoms with Crippen LogP contribution in [-0.4, -0.2) is 14.6 Å². The molecule has 5 aromatic carbocycles. The van der Waals surface area contributed by atoms with Crippen molar-refractivity contribution >= 4 is 38.5 Å². The number of fused-ring (bicyclic) bond motifs is 4. The Kier molecular flexibility index (Phi) is 6.63. The van der Waals surface area contributed by atoms with E-state index < -0.39 is 10.1 Å². The first-order chi connectivity index (χ1) is 20.5. The molecule has 0 unspecified atom stereocenters. The van der Waals surface area contributed by atoms with Crippen molar-refractivity contribution in [3.8, 4) is 5.75 Å². The molecular formula is C36H30N2O3S. The van der Waals surface area contributed by atoms with E-state index in [2.05, 4.69) is 53.9 Å². The number of rotatable bonds is 6. The van der Waals surface area contributed by atoms with Gasteiger partial charge in [-0.1, -0.05) is 90.5 Å². The summed E-state index contributed by atoms with van der Waals surface area (Å²) >= 11 is 0. The molecule has 3 atom stereocenters. The van der Waals surface area contributed by atoms with Gasteiger partial charge in [-0.2, -0.15) is 8.42 Å². The Balaban J connectivity index is 1.19. The number of nitrogens with zero attached hydrogens (tertiary/aromatic N) is 1. The van der Waals surface area contributed by atoms with Gasteiger partial charge in [0.2, 0.25) is 0 Å². The highest BCUT2D eigenvalue weighted by molar-refractivity contribution is 7.87. The van der Waals surface area contributed by atoms with Crippen LogP contribution < -0.4 is 9.50 Å². The van der Waals surface area contributed by atoms with Crippen LogP contribution >= 0.6 is 0 Å². The molecule has 0 fully saturated rings. The van der Waals surface area contributed by atoms with Crippen molar-refractivity contribution in [3.05, 3.63) is 144 Å². The number of allylic oxidation sites excluding steroid dienone is 2. The normalized spacial score (nSPS) is 19.4. The molecule has 2 aliphatic rings. The van der Waals surface area contributed by atoms with Crippen LogP contribution in [0.4, 0.5) is 11.4 Å². The van der Waals surface area contributed by atoms with Crippen molar-refractivity contribution in [3.63, 3.8) is 0 Å². The number of anilines is 1. The average molecular weight is 571 g/mol. The van der Waals surface area contributed by atoms with Gasteiger partial charge < -0.3 is 9.50 Å². The maximum atomic E-state index is 13.1. The van der Waals surface area contributed by atoms with Crippen molar-refractivity contribution in [1.29, 1.82) is 0 Å². The fraction of sp³-hybridized carbons (Fsp3) is 0.139. The van der Waals surface area contributed by atoms with Crippen LogP contribution in [0.25, 0.3) is 10.8 Å². The summed E-state index contributed by atoms with van der Waals surface area (Å²) in [4.78, 5) is 4.87. The van der Waals surface area contributed by atoms with E-state index in [9.17, 15) is 8.42 Å². The van der Waals surface area contributed by atoms with Crippen molar-refractivity contribution in [2.75, 3.05) is 5.32 Å². The Morgan fingerprint density at radius 3 is 2.45 bits per heavy atom. The van der Waals surface area contributed by atoms with Crippen molar-refractivity contribution in [1.82, 2.24) is 0 Å². The standard InChI is InChI=1S/C36H30N2O3S/c1-24-13-20-28(21-14-24)42(39,40)41-35-22-17-25-7-2-3-8-29(25)33(35)23-37-27-18-15-26(16-19-27)36-32-11-6-10-30(32)31-9-4-5-12-34(31)38-36/h2-10,12-23,30,32,36,38H,11H2,1H3/t30-,32+,36-/m0/s1. The second-order valence-corrected chi connectivity index (χ2v) is 12.5. The first-order valence-corrected chi connectivity index (χ1v) is 15.6. The van der Waals surface area contributed by atoms with Gasteiger partial charge >= 0.3 is 10.1 Å². The van der Waals surface area contributed by atoms with Gasteiger partial charge in [0.05, 0.1) is 11.7 Å². The largest absolute Gasteiger partial charge is 0.378 e. The van der Waals surface area contributed by atoms with Gasteiger partial charge in [0.15, 0.2) is 5.75 Å². The smallest absolute Gasteiger partial charge is 0.339 e. The van der Waals surface area contributed by atoms with Gasteiger partial charge in [-0.05, 0) is 77.6 Å². The number of hydrogen-bond acceptors (Lipinski definition) is 5. The number of nitrogens with one attached hydrogen (secondary N) is 1. The molecule has 208 valence electrons. The average Bonchev–Trinajstić information content (AvgIpc) is 3.51. The molecule has 42 heavy (non-hydrogen) atoms. The van der Waals surface area contributed by atoms with E-state index in [1.165, 1.54) is 16.8 Å². The first-order valence-electron chi connectivity index (χ1n) is 14.2. The summed E-state index contributed by atoms with van der Waals surface area (Å²) in [5.74, 6) is 1.13. The third kappa shape index (κ3) is 4.88. The van der Waals surface area contributed by atoms with E-state index in [1.807, 2.05) is 49.4 Å². The van der Waals surface area contributed by atoms with E-state index in [4.69, 9.17) is 9.18 Å². The molecule has 0 spiro atoms. The zero-order chi connectivity index (χ0) is 28.7. The summed E-state index contributed by atoms with van der Waals surface area (Å²) in [7, 11) is -4.02. The van der Waals surface area contributed by atoms with Gasteiger partial charge in [0.1, 0.15) is 4.90 Å². The van der Waals surface area contributed by atoms with Gasteiger partial charge in [-0.25, -0.2) is 0 Å². The van der Waals surface area contributed by atoms with Crippen LogP contribution in [0.15, 0.2) is 131 Å². The SMILES string of the molecule is Cc1ccc(S(=O)(=O)Oc2ccc3ccccc3c2C=Nc2ccc([C@@H]3Nc4ccccc4[C@@H]4C=CC[C@H]43)cc2)cc1. The Morgan fingerprint density at radius 2 is 1.62 bits per heavy atom. The van der Waals surface area contributed by atoms with Gasteiger partial charge in [0.25, 0.3) is 0 Å². The molecule has 0 saturated carbocycles. The third-order valence-corrected chi connectivity index (χ3v) is 9.56. The van der Waals surface area contributed by atoms with Crippen LogP contribution in [0, 0.1) is 12.8 Å². The van der Waals surface area contributed by atoms with Crippen LogP contribution in [-0.2, 0) is 10.1 Å². The lowest BCUT2D eigenvalue weighted by Gasteiger charge is -2.37. The molecule has 0 amide bonds. The highest BCUT2D eigenvalue weighted by Gasteiger charge is 2.37. The minimum atomic E-state index is -4.02. The fourth-order valence-electron chi connectivity index (χ4n) is 6.13. The molecular weight excluding hydrogens is 540 g/mol. The topological polar surface area (TPSA) is 67.8 Å². The number of hydrogen-bond donors (Lipinski definition) is 1. The molecule has 0 radical (unpaired) electrons. The molecule has 5 nitrogen and oxygen atoms in total. The van der Waals surface area contributed by atoms with E-state index in [-0.39, 0.29) is 16.7 Å². The second kappa shape index (κ2) is 10.6. The zero-order valence-corrected chi connectivity index (χ0v) is 24.0. The Morgan fingerprint density at radius 1 is 0.857 bits per heavy atom. The lowest BCUT2D eigenvalue weighted by molar-refractivity contribution is 0.425. The monoisotopic (exact) mass is 570 g/mol. The lowest BCUT2D eigenvalue weighted by Crippen LogP contribution is -2.28. The molecule has 5 aromatic rings. The maximum Gasteiger partial charge on any atom is 0.339 e. The number of aryl methyl sites for hydroxylation is 1. The molecule has 6 heteroatoms. The highest BCUT2D eigenvalue weighted by Crippen LogP contribution is 2.49. The highest BCUT2D eigenvalue weighted by atomic mass is 32.2. The van der Waals surface area contributed by atoms with Crippen LogP contribution in [0.3, 0.4) is 0 Å². The molecule has 0 aromatic heterocycles. The van der Waals surface area contributed by atoms with E-state index in [0.29, 0.717) is 17.4 Å². The number of aliphatic imine (C=N–C) groups is 1. The first kappa shape index (κ1) is 26.2. The molecule has 1 aliphatic carbocycles. The van der Waals surface area contributed by atoms with Crippen LogP contribution in [0.2, 0.25) is 0 Å². The summed E-state index contributed by atoms with van der Waals surface area (Å²) in [6.45, 7) is 1.91. The van der Waals surface area contributed by atoms with Gasteiger partial charge in [0, 0.05) is 23.4 Å². The summed E-state index contributed by atoms with van der Waals surface area (Å²) in [5.41, 5.74) is 6.14. The quantitative estimate of drug-likeness (QED) is 0.126. The molecule has 0 bridgehead atoms. The van der Waals surface area contributed by atoms with Gasteiger partial charge in [-0.15, -0.1) is 0 Å². The molecule has 1 N–H and O–H groups in total. The fourth-order valence-corrected chi connectivity index (χ4v) is 7.08. The summed E-state index contributed by atoms with van der Waals surface area (Å²) in [6.07, 6.45) is 7.39. The lowest BCUT2D eigenvalue weighted by atomic mass is 9.77. The van der Waals surface area contributed by atoms with E-state index in [0.717, 1.165) is 28.4 Å². The minimum absolute atomic E-state index is 0.110. The number of benzene rings is 5. The third-order valence-electron chi connectivity index (χ3n) is 8.31. The zero-order valence-electron chi connectivity index (χ0n) is 23.1. The Labute approximate surface area is 246 Å². The maximum absolute atomic E-state index is 13.1. The van der Waals surface area contributed by atoms with Gasteiger partial charge in [-0.3, -0.25) is 4.99 Å². The Hall–Kier alpha value is -4.68. The second-order valence-electron chi connectivity index (χ2n) is 11.0. The molecule has 1 aliphatic heterocycles. The summed E-state index contributed by atoms with van der Waals surface area (Å²) < 4.78 is 32.0. The van der Waals surface area contributed by atoms with Crippen molar-refractivity contribution in [2.45, 2.75) is 30.2 Å². The van der Waals surface area contributed by atoms with Crippen molar-refractivity contribution in [2.24, 2.45) is 10.9 Å². The van der Waals surface area contributed by atoms with E-state index >= 15 is 0 Å². The predicted molar refractivity (Wildman–Crippen MR) is 169 cm³/mol. The summed E-state index contributed by atoms with van der Waals surface area (Å²) in [5, 5.41) is 5.61. The van der Waals surface area contributed by atoms with E-state index in [1.54, 1.807) is 36.5 Å².